The Morgan fingerprint density at radius 2 is 1.83 bits per heavy atom. The van der Waals surface area contributed by atoms with Crippen LogP contribution < -0.4 is 4.74 Å². The maximum Gasteiger partial charge on any atom is 0.336 e. The van der Waals surface area contributed by atoms with Gasteiger partial charge in [-0.1, -0.05) is 36.4 Å². The number of nitrogens with zero attached hydrogens (tertiary/aromatic N) is 1. The molecule has 1 aliphatic rings. The molecule has 1 saturated heterocycles. The van der Waals surface area contributed by atoms with Crippen molar-refractivity contribution in [1.29, 1.82) is 0 Å². The Bertz CT molecular complexity index is 691. The van der Waals surface area contributed by atoms with Crippen LogP contribution in [0.5, 0.6) is 5.75 Å². The van der Waals surface area contributed by atoms with Gasteiger partial charge in [0, 0.05) is 12.1 Å². The smallest absolute Gasteiger partial charge is 0.336 e. The van der Waals surface area contributed by atoms with E-state index in [-0.39, 0.29) is 5.92 Å². The number of carboxylic acid groups (broad SMARTS) is 1. The molecule has 0 saturated carbocycles. The summed E-state index contributed by atoms with van der Waals surface area (Å²) < 4.78 is 5.43. The molecule has 1 fully saturated rings. The third-order valence-electron chi connectivity index (χ3n) is 4.76. The lowest BCUT2D eigenvalue weighted by molar-refractivity contribution is 0.0693. The highest BCUT2D eigenvalue weighted by molar-refractivity contribution is 5.90. The minimum absolute atomic E-state index is 0.235. The van der Waals surface area contributed by atoms with Crippen LogP contribution in [0.15, 0.2) is 48.5 Å². The van der Waals surface area contributed by atoms with Gasteiger partial charge in [0.2, 0.25) is 0 Å². The molecular formula is C20H23NO3. The van der Waals surface area contributed by atoms with Crippen molar-refractivity contribution in [2.75, 3.05) is 20.2 Å². The molecule has 0 radical (unpaired) electrons. The number of hydrogen-bond donors (Lipinski definition) is 1. The molecule has 0 spiro atoms. The number of carbonyl (C=O) groups is 1. The van der Waals surface area contributed by atoms with E-state index in [0.29, 0.717) is 11.3 Å². The molecule has 1 N–H and O–H groups in total. The highest BCUT2D eigenvalue weighted by Gasteiger charge is 2.27. The Kier molecular flexibility index (Phi) is 5.16. The lowest BCUT2D eigenvalue weighted by Gasteiger charge is -2.33. The zero-order valence-corrected chi connectivity index (χ0v) is 13.9. The minimum atomic E-state index is -0.879. The van der Waals surface area contributed by atoms with E-state index in [1.807, 2.05) is 12.1 Å². The molecule has 2 aromatic rings. The lowest BCUT2D eigenvalue weighted by atomic mass is 9.85. The van der Waals surface area contributed by atoms with E-state index in [2.05, 4.69) is 29.2 Å². The summed E-state index contributed by atoms with van der Waals surface area (Å²) in [6.07, 6.45) is 1.90. The summed E-state index contributed by atoms with van der Waals surface area (Å²) in [6, 6.07) is 15.7. The molecule has 126 valence electrons. The van der Waals surface area contributed by atoms with Crippen LogP contribution in [-0.4, -0.2) is 36.2 Å². The molecule has 1 aliphatic heterocycles. The van der Waals surface area contributed by atoms with E-state index in [0.717, 1.165) is 38.0 Å². The van der Waals surface area contributed by atoms with E-state index >= 15 is 0 Å². The fourth-order valence-electron chi connectivity index (χ4n) is 3.55. The zero-order valence-electron chi connectivity index (χ0n) is 13.9. The first-order valence-corrected chi connectivity index (χ1v) is 8.35. The number of methoxy groups -OCH3 is 1. The molecule has 4 heteroatoms. The van der Waals surface area contributed by atoms with Crippen LogP contribution in [0.3, 0.4) is 0 Å². The molecular weight excluding hydrogens is 302 g/mol. The molecule has 0 atom stereocenters. The maximum atomic E-state index is 11.6. The van der Waals surface area contributed by atoms with Gasteiger partial charge in [-0.25, -0.2) is 4.79 Å². The van der Waals surface area contributed by atoms with Gasteiger partial charge in [0.25, 0.3) is 0 Å². The van der Waals surface area contributed by atoms with E-state index < -0.39 is 5.97 Å². The second-order valence-electron chi connectivity index (χ2n) is 6.26. The van der Waals surface area contributed by atoms with Crippen molar-refractivity contribution in [2.24, 2.45) is 0 Å². The van der Waals surface area contributed by atoms with Crippen LogP contribution in [0.4, 0.5) is 0 Å². The van der Waals surface area contributed by atoms with Crippen molar-refractivity contribution in [3.05, 3.63) is 65.2 Å². The number of aromatic carboxylic acids is 1. The normalized spacial score (nSPS) is 16.0. The number of benzene rings is 2. The molecule has 0 aliphatic carbocycles. The van der Waals surface area contributed by atoms with Gasteiger partial charge < -0.3 is 9.84 Å². The van der Waals surface area contributed by atoms with Gasteiger partial charge >= 0.3 is 5.97 Å². The predicted molar refractivity (Wildman–Crippen MR) is 93.6 cm³/mol. The van der Waals surface area contributed by atoms with Crippen molar-refractivity contribution < 1.29 is 14.6 Å². The highest BCUT2D eigenvalue weighted by atomic mass is 16.5. The Balaban J connectivity index is 1.72. The molecule has 3 rings (SSSR count). The van der Waals surface area contributed by atoms with Gasteiger partial charge in [-0.3, -0.25) is 4.90 Å². The molecule has 0 bridgehead atoms. The number of hydrogen-bond acceptors (Lipinski definition) is 3. The number of rotatable bonds is 5. The average Bonchev–Trinajstić information content (AvgIpc) is 2.62. The molecule has 0 aromatic heterocycles. The fourth-order valence-corrected chi connectivity index (χ4v) is 3.55. The zero-order chi connectivity index (χ0) is 16.9. The van der Waals surface area contributed by atoms with Crippen molar-refractivity contribution in [3.8, 4) is 5.75 Å². The number of carboxylic acids is 1. The standard InChI is InChI=1S/C20H23NO3/c1-24-18-9-5-8-17(20(22)23)19(18)16-10-12-21(13-11-16)14-15-6-3-2-4-7-15/h2-9,16H,10-14H2,1H3,(H,22,23). The van der Waals surface area contributed by atoms with Gasteiger partial charge in [-0.15, -0.1) is 0 Å². The van der Waals surface area contributed by atoms with Gasteiger partial charge in [0.05, 0.1) is 12.7 Å². The lowest BCUT2D eigenvalue weighted by Crippen LogP contribution is -2.33. The van der Waals surface area contributed by atoms with Crippen LogP contribution in [0.1, 0.15) is 40.2 Å². The summed E-state index contributed by atoms with van der Waals surface area (Å²) >= 11 is 0. The van der Waals surface area contributed by atoms with Crippen molar-refractivity contribution in [1.82, 2.24) is 4.90 Å². The van der Waals surface area contributed by atoms with E-state index in [9.17, 15) is 9.90 Å². The molecule has 24 heavy (non-hydrogen) atoms. The molecule has 2 aromatic carbocycles. The fraction of sp³-hybridized carbons (Fsp3) is 0.350. The predicted octanol–water partition coefficient (Wildman–Crippen LogP) is 3.77. The van der Waals surface area contributed by atoms with Crippen LogP contribution in [0.25, 0.3) is 0 Å². The molecule has 0 unspecified atom stereocenters. The summed E-state index contributed by atoms with van der Waals surface area (Å²) in [4.78, 5) is 14.0. The second kappa shape index (κ2) is 7.49. The Morgan fingerprint density at radius 3 is 2.46 bits per heavy atom. The minimum Gasteiger partial charge on any atom is -0.496 e. The van der Waals surface area contributed by atoms with Crippen molar-refractivity contribution >= 4 is 5.97 Å². The van der Waals surface area contributed by atoms with Crippen LogP contribution in [0.2, 0.25) is 0 Å². The number of piperidine rings is 1. The molecule has 4 nitrogen and oxygen atoms in total. The number of ether oxygens (including phenoxy) is 1. The van der Waals surface area contributed by atoms with Crippen LogP contribution >= 0.6 is 0 Å². The first-order valence-electron chi connectivity index (χ1n) is 8.35. The maximum absolute atomic E-state index is 11.6. The highest BCUT2D eigenvalue weighted by Crippen LogP contribution is 2.37. The van der Waals surface area contributed by atoms with E-state index in [4.69, 9.17) is 4.74 Å². The summed E-state index contributed by atoms with van der Waals surface area (Å²) in [5.74, 6) is 0.0475. The average molecular weight is 325 g/mol. The first-order chi connectivity index (χ1) is 11.7. The molecule has 1 heterocycles. The summed E-state index contributed by atoms with van der Waals surface area (Å²) in [7, 11) is 1.61. The summed E-state index contributed by atoms with van der Waals surface area (Å²) in [6.45, 7) is 2.89. The summed E-state index contributed by atoms with van der Waals surface area (Å²) in [5, 5.41) is 9.50. The Morgan fingerprint density at radius 1 is 1.12 bits per heavy atom. The molecule has 0 amide bonds. The summed E-state index contributed by atoms with van der Waals surface area (Å²) in [5.41, 5.74) is 2.54. The first kappa shape index (κ1) is 16.5. The second-order valence-corrected chi connectivity index (χ2v) is 6.26. The largest absolute Gasteiger partial charge is 0.496 e. The van der Waals surface area contributed by atoms with Crippen molar-refractivity contribution in [2.45, 2.75) is 25.3 Å². The van der Waals surface area contributed by atoms with Crippen LogP contribution in [-0.2, 0) is 6.54 Å². The third-order valence-corrected chi connectivity index (χ3v) is 4.76. The Labute approximate surface area is 142 Å². The van der Waals surface area contributed by atoms with Gasteiger partial charge in [0.15, 0.2) is 0 Å². The van der Waals surface area contributed by atoms with E-state index in [1.54, 1.807) is 19.2 Å². The quantitative estimate of drug-likeness (QED) is 0.909. The SMILES string of the molecule is COc1cccc(C(=O)O)c1C1CCN(Cc2ccccc2)CC1. The van der Waals surface area contributed by atoms with E-state index in [1.165, 1.54) is 5.56 Å². The van der Waals surface area contributed by atoms with Gasteiger partial charge in [-0.2, -0.15) is 0 Å². The topological polar surface area (TPSA) is 49.8 Å². The number of likely N-dealkylation sites (tertiary alicyclic amines) is 1. The van der Waals surface area contributed by atoms with Crippen molar-refractivity contribution in [3.63, 3.8) is 0 Å². The third kappa shape index (κ3) is 3.60. The van der Waals surface area contributed by atoms with Crippen LogP contribution in [0, 0.1) is 0 Å². The monoisotopic (exact) mass is 325 g/mol. The Hall–Kier alpha value is -2.33. The van der Waals surface area contributed by atoms with Gasteiger partial charge in [-0.05, 0) is 49.5 Å². The van der Waals surface area contributed by atoms with Gasteiger partial charge in [0.1, 0.15) is 5.75 Å².